The molecule has 1 aliphatic carbocycles. The van der Waals surface area contributed by atoms with Gasteiger partial charge in [-0.3, -0.25) is 4.79 Å². The number of nitrogens with zero attached hydrogens (tertiary/aromatic N) is 1. The van der Waals surface area contributed by atoms with E-state index in [1.54, 1.807) is 6.08 Å². The monoisotopic (exact) mass is 346 g/mol. The van der Waals surface area contributed by atoms with Gasteiger partial charge in [-0.15, -0.1) is 0 Å². The Morgan fingerprint density at radius 1 is 1.28 bits per heavy atom. The highest BCUT2D eigenvalue weighted by atomic mass is 16.6. The molecule has 2 heterocycles. The van der Waals surface area contributed by atoms with Crippen LogP contribution in [0.3, 0.4) is 0 Å². The highest BCUT2D eigenvalue weighted by Crippen LogP contribution is 2.32. The Kier molecular flexibility index (Phi) is 6.32. The van der Waals surface area contributed by atoms with Gasteiger partial charge in [-0.25, -0.2) is 0 Å². The first-order valence-corrected chi connectivity index (χ1v) is 9.49. The molecule has 2 fully saturated rings. The van der Waals surface area contributed by atoms with E-state index in [0.29, 0.717) is 32.4 Å². The average Bonchev–Trinajstić information content (AvgIpc) is 2.93. The fourth-order valence-electron chi connectivity index (χ4n) is 3.97. The number of hydrogen-bond donors (Lipinski definition) is 1. The number of nitrogens with one attached hydrogen (secondary N) is 1. The molecule has 5 nitrogen and oxygen atoms in total. The predicted octanol–water partition coefficient (Wildman–Crippen LogP) is 3.15. The topological polar surface area (TPSA) is 52.5 Å². The normalized spacial score (nSPS) is 22.4. The van der Waals surface area contributed by atoms with E-state index in [-0.39, 0.29) is 12.0 Å². The fraction of sp³-hybridized carbons (Fsp3) is 0.650. The van der Waals surface area contributed by atoms with Crippen molar-refractivity contribution in [2.75, 3.05) is 26.4 Å². The number of amides is 1. The molecule has 25 heavy (non-hydrogen) atoms. The molecular weight excluding hydrogens is 316 g/mol. The number of aromatic nitrogens is 1. The van der Waals surface area contributed by atoms with Gasteiger partial charge in [-0.1, -0.05) is 19.3 Å². The van der Waals surface area contributed by atoms with Gasteiger partial charge >= 0.3 is 0 Å². The Morgan fingerprint density at radius 3 is 2.80 bits per heavy atom. The lowest BCUT2D eigenvalue weighted by atomic mass is 9.95. The number of carbonyl (C=O) groups is 1. The molecule has 1 atom stereocenters. The minimum Gasteiger partial charge on any atom is -0.376 e. The van der Waals surface area contributed by atoms with Crippen LogP contribution in [0.4, 0.5) is 0 Å². The summed E-state index contributed by atoms with van der Waals surface area (Å²) in [4.78, 5) is 12.1. The average molecular weight is 346 g/mol. The largest absolute Gasteiger partial charge is 0.376 e. The molecular formula is C20H30N2O3. The highest BCUT2D eigenvalue weighted by molar-refractivity contribution is 5.91. The van der Waals surface area contributed by atoms with Crippen molar-refractivity contribution in [3.8, 4) is 0 Å². The van der Waals surface area contributed by atoms with Gasteiger partial charge in [0.1, 0.15) is 0 Å². The molecule has 5 heteroatoms. The molecule has 1 aromatic heterocycles. The lowest BCUT2D eigenvalue weighted by molar-refractivity contribution is -0.119. The van der Waals surface area contributed by atoms with Crippen molar-refractivity contribution in [3.63, 3.8) is 0 Å². The number of aryl methyl sites for hydroxylation is 1. The summed E-state index contributed by atoms with van der Waals surface area (Å²) in [7, 11) is 0. The number of ether oxygens (including phenoxy) is 2. The summed E-state index contributed by atoms with van der Waals surface area (Å²) in [6, 6.07) is 2.80. The molecule has 0 radical (unpaired) electrons. The summed E-state index contributed by atoms with van der Waals surface area (Å²) in [5.41, 5.74) is 3.69. The minimum atomic E-state index is -0.0864. The van der Waals surface area contributed by atoms with Crippen molar-refractivity contribution in [1.29, 1.82) is 0 Å². The third-order valence-corrected chi connectivity index (χ3v) is 5.27. The number of carbonyl (C=O) groups excluding carboxylic acids is 1. The maximum atomic E-state index is 12.1. The van der Waals surface area contributed by atoms with Gasteiger partial charge in [0.05, 0.1) is 25.9 Å². The second-order valence-electron chi connectivity index (χ2n) is 7.13. The van der Waals surface area contributed by atoms with Gasteiger partial charge in [0, 0.05) is 30.1 Å². The minimum absolute atomic E-state index is 0.0394. The SMILES string of the molecule is Cc1cc(C=CC(=O)NCC2COCCO2)c(C)n1C1CCCCC1. The highest BCUT2D eigenvalue weighted by Gasteiger charge is 2.19. The van der Waals surface area contributed by atoms with E-state index in [2.05, 4.69) is 29.8 Å². The molecule has 3 rings (SSSR count). The Bertz CT molecular complexity index is 609. The summed E-state index contributed by atoms with van der Waals surface area (Å²) in [5.74, 6) is -0.0864. The van der Waals surface area contributed by atoms with Crippen LogP contribution in [0, 0.1) is 13.8 Å². The third kappa shape index (κ3) is 4.73. The van der Waals surface area contributed by atoms with Crippen LogP contribution in [-0.4, -0.2) is 42.9 Å². The lowest BCUT2D eigenvalue weighted by Crippen LogP contribution is -2.39. The Hall–Kier alpha value is -1.59. The van der Waals surface area contributed by atoms with Crippen LogP contribution in [0.1, 0.15) is 55.1 Å². The quantitative estimate of drug-likeness (QED) is 0.833. The maximum Gasteiger partial charge on any atom is 0.244 e. The zero-order valence-corrected chi connectivity index (χ0v) is 15.4. The summed E-state index contributed by atoms with van der Waals surface area (Å²) < 4.78 is 13.3. The zero-order valence-electron chi connectivity index (χ0n) is 15.4. The Morgan fingerprint density at radius 2 is 2.08 bits per heavy atom. The maximum absolute atomic E-state index is 12.1. The molecule has 1 amide bonds. The molecule has 1 unspecified atom stereocenters. The van der Waals surface area contributed by atoms with Gasteiger partial charge in [-0.05, 0) is 44.4 Å². The van der Waals surface area contributed by atoms with Crippen LogP contribution in [0.2, 0.25) is 0 Å². The van der Waals surface area contributed by atoms with Crippen molar-refractivity contribution < 1.29 is 14.3 Å². The molecule has 2 aliphatic rings. The van der Waals surface area contributed by atoms with Gasteiger partial charge in [-0.2, -0.15) is 0 Å². The first kappa shape index (κ1) is 18.2. The standard InChI is InChI=1S/C20H30N2O3/c1-15-12-17(16(2)22(15)18-6-4-3-5-7-18)8-9-20(23)21-13-19-14-24-10-11-25-19/h8-9,12,18-19H,3-7,10-11,13-14H2,1-2H3,(H,21,23). The van der Waals surface area contributed by atoms with Crippen molar-refractivity contribution >= 4 is 12.0 Å². The van der Waals surface area contributed by atoms with E-state index in [9.17, 15) is 4.79 Å². The molecule has 1 aromatic rings. The summed E-state index contributed by atoms with van der Waals surface area (Å²) >= 11 is 0. The van der Waals surface area contributed by atoms with Crippen molar-refractivity contribution in [1.82, 2.24) is 9.88 Å². The van der Waals surface area contributed by atoms with E-state index >= 15 is 0 Å². The number of rotatable bonds is 5. The zero-order chi connectivity index (χ0) is 17.6. The third-order valence-electron chi connectivity index (χ3n) is 5.27. The first-order valence-electron chi connectivity index (χ1n) is 9.49. The van der Waals surface area contributed by atoms with Crippen molar-refractivity contribution in [3.05, 3.63) is 29.1 Å². The smallest absolute Gasteiger partial charge is 0.244 e. The molecule has 138 valence electrons. The fourth-order valence-corrected chi connectivity index (χ4v) is 3.97. The van der Waals surface area contributed by atoms with E-state index in [1.165, 1.54) is 43.5 Å². The van der Waals surface area contributed by atoms with Crippen LogP contribution in [0.15, 0.2) is 12.1 Å². The van der Waals surface area contributed by atoms with Crippen molar-refractivity contribution in [2.45, 2.75) is 58.1 Å². The van der Waals surface area contributed by atoms with Crippen molar-refractivity contribution in [2.24, 2.45) is 0 Å². The molecule has 0 aromatic carbocycles. The van der Waals surface area contributed by atoms with Crippen LogP contribution in [0.25, 0.3) is 6.08 Å². The Labute approximate surface area is 150 Å². The van der Waals surface area contributed by atoms with Gasteiger partial charge in [0.25, 0.3) is 0 Å². The predicted molar refractivity (Wildman–Crippen MR) is 98.6 cm³/mol. The van der Waals surface area contributed by atoms with Crippen LogP contribution >= 0.6 is 0 Å². The second-order valence-corrected chi connectivity index (χ2v) is 7.13. The van der Waals surface area contributed by atoms with E-state index in [4.69, 9.17) is 9.47 Å². The van der Waals surface area contributed by atoms with E-state index in [0.717, 1.165) is 5.56 Å². The Balaban J connectivity index is 1.58. The van der Waals surface area contributed by atoms with Crippen LogP contribution in [0.5, 0.6) is 0 Å². The van der Waals surface area contributed by atoms with E-state index in [1.807, 2.05) is 6.08 Å². The van der Waals surface area contributed by atoms with Gasteiger partial charge in [0.15, 0.2) is 0 Å². The van der Waals surface area contributed by atoms with E-state index < -0.39 is 0 Å². The van der Waals surface area contributed by atoms with Gasteiger partial charge < -0.3 is 19.4 Å². The molecule has 0 spiro atoms. The van der Waals surface area contributed by atoms with Gasteiger partial charge in [0.2, 0.25) is 5.91 Å². The van der Waals surface area contributed by atoms with Crippen LogP contribution < -0.4 is 5.32 Å². The summed E-state index contributed by atoms with van der Waals surface area (Å²) in [6.45, 7) is 6.60. The number of hydrogen-bond acceptors (Lipinski definition) is 3. The summed E-state index contributed by atoms with van der Waals surface area (Å²) in [5, 5.41) is 2.89. The second kappa shape index (κ2) is 8.68. The summed E-state index contributed by atoms with van der Waals surface area (Å²) in [6.07, 6.45) is 10.0. The molecule has 1 saturated heterocycles. The first-order chi connectivity index (χ1) is 12.1. The molecule has 1 aliphatic heterocycles. The van der Waals surface area contributed by atoms with Crippen LogP contribution in [-0.2, 0) is 14.3 Å². The lowest BCUT2D eigenvalue weighted by Gasteiger charge is -2.26. The molecule has 1 saturated carbocycles. The molecule has 1 N–H and O–H groups in total. The molecule has 0 bridgehead atoms.